The highest BCUT2D eigenvalue weighted by atomic mass is 79.9. The van der Waals surface area contributed by atoms with Crippen molar-refractivity contribution in [2.24, 2.45) is 0 Å². The molecule has 1 unspecified atom stereocenters. The largest absolute Gasteiger partial charge is 0.384 e. The molecule has 2 rings (SSSR count). The van der Waals surface area contributed by atoms with Crippen LogP contribution >= 0.6 is 27.5 Å². The zero-order valence-corrected chi connectivity index (χ0v) is 14.2. The number of hydrogen-bond acceptors (Lipinski definition) is 1. The van der Waals surface area contributed by atoms with Crippen molar-refractivity contribution in [2.45, 2.75) is 32.3 Å². The Morgan fingerprint density at radius 2 is 1.65 bits per heavy atom. The van der Waals surface area contributed by atoms with Crippen LogP contribution in [0.1, 0.15) is 43.6 Å². The molecule has 0 bridgehead atoms. The van der Waals surface area contributed by atoms with E-state index in [0.717, 1.165) is 10.0 Å². The Kier molecular flexibility index (Phi) is 4.58. The van der Waals surface area contributed by atoms with Crippen LogP contribution in [-0.2, 0) is 5.41 Å². The van der Waals surface area contributed by atoms with Crippen LogP contribution in [0.15, 0.2) is 46.9 Å². The van der Waals surface area contributed by atoms with E-state index in [1.54, 1.807) is 0 Å². The molecule has 0 fully saturated rings. The van der Waals surface area contributed by atoms with Gasteiger partial charge in [-0.15, -0.1) is 0 Å². The smallest absolute Gasteiger partial charge is 0.106 e. The Hall–Kier alpha value is -0.830. The monoisotopic (exact) mass is 352 g/mol. The van der Waals surface area contributed by atoms with E-state index in [2.05, 4.69) is 48.8 Å². The lowest BCUT2D eigenvalue weighted by Crippen LogP contribution is -2.11. The Bertz CT molecular complexity index is 599. The van der Waals surface area contributed by atoms with E-state index in [1.807, 2.05) is 30.3 Å². The third-order valence-corrected chi connectivity index (χ3v) is 4.68. The maximum atomic E-state index is 10.5. The van der Waals surface area contributed by atoms with Crippen molar-refractivity contribution in [3.05, 3.63) is 68.7 Å². The van der Waals surface area contributed by atoms with Crippen LogP contribution in [0.25, 0.3) is 0 Å². The molecule has 0 saturated heterocycles. The lowest BCUT2D eigenvalue weighted by Gasteiger charge is -2.20. The van der Waals surface area contributed by atoms with E-state index in [9.17, 15) is 5.11 Å². The fraction of sp³-hybridized carbons (Fsp3) is 0.294. The number of benzene rings is 2. The van der Waals surface area contributed by atoms with Gasteiger partial charge in [0.15, 0.2) is 0 Å². The van der Waals surface area contributed by atoms with Gasteiger partial charge in [-0.25, -0.2) is 0 Å². The van der Waals surface area contributed by atoms with Gasteiger partial charge in [0.05, 0.1) is 5.02 Å². The average Bonchev–Trinajstić information content (AvgIpc) is 2.40. The molecule has 0 saturated carbocycles. The second-order valence-electron chi connectivity index (χ2n) is 5.92. The molecule has 1 N–H and O–H groups in total. The minimum atomic E-state index is -0.714. The van der Waals surface area contributed by atoms with Crippen molar-refractivity contribution in [2.75, 3.05) is 0 Å². The molecule has 3 heteroatoms. The summed E-state index contributed by atoms with van der Waals surface area (Å²) in [6.45, 7) is 6.51. The lowest BCUT2D eigenvalue weighted by atomic mass is 9.86. The number of aliphatic hydroxyl groups is 1. The maximum Gasteiger partial charge on any atom is 0.106 e. The van der Waals surface area contributed by atoms with E-state index < -0.39 is 6.10 Å². The van der Waals surface area contributed by atoms with Crippen LogP contribution in [0.2, 0.25) is 5.02 Å². The predicted octanol–water partition coefficient (Wildman–Crippen LogP) is 5.48. The molecule has 0 spiro atoms. The molecule has 0 radical (unpaired) electrons. The van der Waals surface area contributed by atoms with Crippen molar-refractivity contribution >= 4 is 27.5 Å². The van der Waals surface area contributed by atoms with Gasteiger partial charge in [-0.05, 0) is 38.5 Å². The van der Waals surface area contributed by atoms with Gasteiger partial charge >= 0.3 is 0 Å². The summed E-state index contributed by atoms with van der Waals surface area (Å²) in [7, 11) is 0. The number of hydrogen-bond donors (Lipinski definition) is 1. The summed E-state index contributed by atoms with van der Waals surface area (Å²) in [5.74, 6) is 0. The third kappa shape index (κ3) is 3.25. The van der Waals surface area contributed by atoms with Gasteiger partial charge in [0.2, 0.25) is 0 Å². The zero-order valence-electron chi connectivity index (χ0n) is 11.8. The Morgan fingerprint density at radius 3 is 2.20 bits per heavy atom. The predicted molar refractivity (Wildman–Crippen MR) is 88.4 cm³/mol. The highest BCUT2D eigenvalue weighted by molar-refractivity contribution is 9.10. The van der Waals surface area contributed by atoms with Crippen molar-refractivity contribution < 1.29 is 5.11 Å². The molecule has 0 aliphatic carbocycles. The van der Waals surface area contributed by atoms with Gasteiger partial charge in [-0.1, -0.05) is 68.8 Å². The molecule has 0 aromatic heterocycles. The van der Waals surface area contributed by atoms with Gasteiger partial charge in [0.25, 0.3) is 0 Å². The maximum absolute atomic E-state index is 10.5. The third-order valence-electron chi connectivity index (χ3n) is 3.37. The normalized spacial score (nSPS) is 13.3. The van der Waals surface area contributed by atoms with Crippen molar-refractivity contribution in [1.82, 2.24) is 0 Å². The molecule has 2 aromatic rings. The van der Waals surface area contributed by atoms with Gasteiger partial charge in [-0.3, -0.25) is 0 Å². The van der Waals surface area contributed by atoms with Gasteiger partial charge in [-0.2, -0.15) is 0 Å². The molecule has 0 heterocycles. The standard InChI is InChI=1S/C17H18BrClO/c1-17(2,3)12-9-7-11(8-10-12)16(20)13-5-4-6-14(18)15(13)19/h4-10,16,20H,1-3H3. The Morgan fingerprint density at radius 1 is 1.05 bits per heavy atom. The molecule has 0 aliphatic rings. The number of halogens is 2. The average molecular weight is 354 g/mol. The minimum Gasteiger partial charge on any atom is -0.384 e. The summed E-state index contributed by atoms with van der Waals surface area (Å²) >= 11 is 9.62. The molecule has 2 aromatic carbocycles. The van der Waals surface area contributed by atoms with Crippen LogP contribution in [0.4, 0.5) is 0 Å². The molecule has 20 heavy (non-hydrogen) atoms. The summed E-state index contributed by atoms with van der Waals surface area (Å²) in [4.78, 5) is 0. The molecule has 0 amide bonds. The second kappa shape index (κ2) is 5.88. The molecule has 0 aliphatic heterocycles. The summed E-state index contributed by atoms with van der Waals surface area (Å²) in [6.07, 6.45) is -0.714. The van der Waals surface area contributed by atoms with Crippen LogP contribution in [0, 0.1) is 0 Å². The van der Waals surface area contributed by atoms with Crippen LogP contribution in [0.3, 0.4) is 0 Å². The van der Waals surface area contributed by atoms with E-state index in [0.29, 0.717) is 10.6 Å². The molecular formula is C17H18BrClO. The highest BCUT2D eigenvalue weighted by Gasteiger charge is 2.17. The highest BCUT2D eigenvalue weighted by Crippen LogP contribution is 2.34. The molecular weight excluding hydrogens is 336 g/mol. The number of rotatable bonds is 2. The van der Waals surface area contributed by atoms with Crippen molar-refractivity contribution in [3.8, 4) is 0 Å². The van der Waals surface area contributed by atoms with Crippen LogP contribution in [-0.4, -0.2) is 5.11 Å². The molecule has 1 nitrogen and oxygen atoms in total. The van der Waals surface area contributed by atoms with Crippen molar-refractivity contribution in [3.63, 3.8) is 0 Å². The summed E-state index contributed by atoms with van der Waals surface area (Å²) in [5.41, 5.74) is 2.91. The van der Waals surface area contributed by atoms with Gasteiger partial charge < -0.3 is 5.11 Å². The first-order chi connectivity index (χ1) is 9.30. The van der Waals surface area contributed by atoms with Crippen LogP contribution in [0.5, 0.6) is 0 Å². The minimum absolute atomic E-state index is 0.108. The fourth-order valence-electron chi connectivity index (χ4n) is 2.08. The van der Waals surface area contributed by atoms with Crippen LogP contribution < -0.4 is 0 Å². The van der Waals surface area contributed by atoms with Crippen molar-refractivity contribution in [1.29, 1.82) is 0 Å². The molecule has 106 valence electrons. The van der Waals surface area contributed by atoms with E-state index in [4.69, 9.17) is 11.6 Å². The van der Waals surface area contributed by atoms with E-state index >= 15 is 0 Å². The zero-order chi connectivity index (χ0) is 14.9. The van der Waals surface area contributed by atoms with Gasteiger partial charge in [0.1, 0.15) is 6.10 Å². The molecule has 1 atom stereocenters. The Balaban J connectivity index is 2.34. The summed E-state index contributed by atoms with van der Waals surface area (Å²) < 4.78 is 0.794. The first-order valence-electron chi connectivity index (χ1n) is 6.53. The summed E-state index contributed by atoms with van der Waals surface area (Å²) in [5, 5.41) is 11.0. The quantitative estimate of drug-likeness (QED) is 0.757. The topological polar surface area (TPSA) is 20.2 Å². The second-order valence-corrected chi connectivity index (χ2v) is 7.15. The summed E-state index contributed by atoms with van der Waals surface area (Å²) in [6, 6.07) is 13.6. The first-order valence-corrected chi connectivity index (χ1v) is 7.70. The van der Waals surface area contributed by atoms with Gasteiger partial charge in [0, 0.05) is 10.0 Å². The first kappa shape index (κ1) is 15.6. The van der Waals surface area contributed by atoms with E-state index in [1.165, 1.54) is 5.56 Å². The lowest BCUT2D eigenvalue weighted by molar-refractivity contribution is 0.220. The SMILES string of the molecule is CC(C)(C)c1ccc(C(O)c2cccc(Br)c2Cl)cc1. The number of aliphatic hydroxyl groups excluding tert-OH is 1. The van der Waals surface area contributed by atoms with E-state index in [-0.39, 0.29) is 5.41 Å². The Labute approximate surface area is 133 Å². The fourth-order valence-corrected chi connectivity index (χ4v) is 2.69.